The van der Waals surface area contributed by atoms with Crippen LogP contribution in [-0.2, 0) is 19.1 Å². The number of amides is 1. The number of carbonyl (C=O) groups is 2. The molecule has 0 aromatic heterocycles. The van der Waals surface area contributed by atoms with Gasteiger partial charge in [0.05, 0.1) is 6.61 Å². The smallest absolute Gasteiger partial charge is 0.325 e. The Kier molecular flexibility index (Phi) is 6.20. The molecule has 4 atom stereocenters. The summed E-state index contributed by atoms with van der Waals surface area (Å²) in [4.78, 5) is 28.0. The zero-order valence-electron chi connectivity index (χ0n) is 17.6. The van der Waals surface area contributed by atoms with Crippen LogP contribution in [0, 0.1) is 0 Å². The number of ether oxygens (including phenoxy) is 2. The van der Waals surface area contributed by atoms with E-state index in [2.05, 4.69) is 0 Å². The average Bonchev–Trinajstić information content (AvgIpc) is 3.35. The van der Waals surface area contributed by atoms with E-state index in [0.717, 1.165) is 17.5 Å². The van der Waals surface area contributed by atoms with Crippen LogP contribution >= 0.6 is 23.5 Å². The number of nitrogens with two attached hydrogens (primary N) is 1. The van der Waals surface area contributed by atoms with Gasteiger partial charge in [-0.25, -0.2) is 0 Å². The third-order valence-corrected chi connectivity index (χ3v) is 9.51. The molecule has 3 aliphatic heterocycles. The average molecular weight is 471 g/mol. The van der Waals surface area contributed by atoms with E-state index >= 15 is 0 Å². The fourth-order valence-electron chi connectivity index (χ4n) is 4.42. The molecule has 0 saturated carbocycles. The normalized spacial score (nSPS) is 29.5. The molecule has 3 unspecified atom stereocenters. The quantitative estimate of drug-likeness (QED) is 0.514. The van der Waals surface area contributed by atoms with Gasteiger partial charge in [-0.15, -0.1) is 23.5 Å². The third-order valence-electron chi connectivity index (χ3n) is 6.18. The SMILES string of the molecule is NC1C(=O)N2CC(SC3CCOC3)(C(=O)OC(c3ccccc3)c3ccccc3)CS[C@H]12. The summed E-state index contributed by atoms with van der Waals surface area (Å²) in [5.41, 5.74) is 7.82. The van der Waals surface area contributed by atoms with Crippen LogP contribution < -0.4 is 5.73 Å². The third kappa shape index (κ3) is 4.05. The summed E-state index contributed by atoms with van der Waals surface area (Å²) < 4.78 is 11.0. The highest BCUT2D eigenvalue weighted by molar-refractivity contribution is 8.05. The molecule has 0 aliphatic carbocycles. The van der Waals surface area contributed by atoms with Gasteiger partial charge in [-0.1, -0.05) is 60.7 Å². The summed E-state index contributed by atoms with van der Waals surface area (Å²) >= 11 is 3.18. The predicted molar refractivity (Wildman–Crippen MR) is 126 cm³/mol. The summed E-state index contributed by atoms with van der Waals surface area (Å²) in [6.07, 6.45) is 0.376. The summed E-state index contributed by atoms with van der Waals surface area (Å²) in [6, 6.07) is 19.1. The van der Waals surface area contributed by atoms with E-state index in [1.165, 1.54) is 0 Å². The van der Waals surface area contributed by atoms with Gasteiger partial charge in [0.1, 0.15) is 16.2 Å². The van der Waals surface area contributed by atoms with Crippen molar-refractivity contribution >= 4 is 35.4 Å². The summed E-state index contributed by atoms with van der Waals surface area (Å²) in [6.45, 7) is 1.64. The summed E-state index contributed by atoms with van der Waals surface area (Å²) in [5.74, 6) is 0.183. The van der Waals surface area contributed by atoms with E-state index in [-0.39, 0.29) is 22.5 Å². The molecule has 1 amide bonds. The highest BCUT2D eigenvalue weighted by atomic mass is 32.2. The van der Waals surface area contributed by atoms with Gasteiger partial charge in [-0.3, -0.25) is 9.59 Å². The molecule has 0 radical (unpaired) electrons. The van der Waals surface area contributed by atoms with Gasteiger partial charge in [0.2, 0.25) is 5.91 Å². The summed E-state index contributed by atoms with van der Waals surface area (Å²) in [5, 5.41) is 0.152. The van der Waals surface area contributed by atoms with E-state index in [1.807, 2.05) is 60.7 Å². The van der Waals surface area contributed by atoms with Crippen LogP contribution in [0.25, 0.3) is 0 Å². The lowest BCUT2D eigenvalue weighted by molar-refractivity contribution is -0.154. The van der Waals surface area contributed by atoms with Gasteiger partial charge in [-0.05, 0) is 17.5 Å². The molecule has 2 aromatic carbocycles. The van der Waals surface area contributed by atoms with Crippen LogP contribution in [0.2, 0.25) is 0 Å². The molecule has 0 spiro atoms. The highest BCUT2D eigenvalue weighted by Crippen LogP contribution is 2.47. The number of fused-ring (bicyclic) bond motifs is 1. The molecule has 8 heteroatoms. The Hall–Kier alpha value is -2.00. The molecular weight excluding hydrogens is 444 g/mol. The Morgan fingerprint density at radius 1 is 1.16 bits per heavy atom. The van der Waals surface area contributed by atoms with Crippen molar-refractivity contribution < 1.29 is 19.1 Å². The fourth-order valence-corrected chi connectivity index (χ4v) is 7.60. The Morgan fingerprint density at radius 2 is 1.81 bits per heavy atom. The number of esters is 1. The number of thioether (sulfide) groups is 2. The maximum Gasteiger partial charge on any atom is 0.325 e. The Bertz CT molecular complexity index is 931. The monoisotopic (exact) mass is 470 g/mol. The van der Waals surface area contributed by atoms with Crippen molar-refractivity contribution in [3.8, 4) is 0 Å². The maximum atomic E-state index is 13.9. The minimum Gasteiger partial charge on any atom is -0.451 e. The molecule has 3 saturated heterocycles. The lowest BCUT2D eigenvalue weighted by Gasteiger charge is -2.53. The number of hydrogen-bond acceptors (Lipinski definition) is 7. The fraction of sp³-hybridized carbons (Fsp3) is 0.417. The van der Waals surface area contributed by atoms with Crippen LogP contribution in [0.4, 0.5) is 0 Å². The second-order valence-electron chi connectivity index (χ2n) is 8.40. The zero-order chi connectivity index (χ0) is 22.1. The van der Waals surface area contributed by atoms with E-state index in [4.69, 9.17) is 15.2 Å². The number of nitrogens with zero attached hydrogens (tertiary/aromatic N) is 1. The van der Waals surface area contributed by atoms with Gasteiger partial charge in [0.25, 0.3) is 0 Å². The second kappa shape index (κ2) is 9.09. The Balaban J connectivity index is 1.44. The number of carbonyl (C=O) groups excluding carboxylic acids is 2. The van der Waals surface area contributed by atoms with E-state index in [9.17, 15) is 9.59 Å². The van der Waals surface area contributed by atoms with Crippen molar-refractivity contribution in [3.05, 3.63) is 71.8 Å². The second-order valence-corrected chi connectivity index (χ2v) is 11.2. The summed E-state index contributed by atoms with van der Waals surface area (Å²) in [7, 11) is 0. The number of β-lactam (4-membered cyclic amide) rings is 1. The zero-order valence-corrected chi connectivity index (χ0v) is 19.2. The van der Waals surface area contributed by atoms with Crippen molar-refractivity contribution in [2.45, 2.75) is 33.9 Å². The molecule has 5 rings (SSSR count). The lowest BCUT2D eigenvalue weighted by atomic mass is 10.00. The molecule has 3 aliphatic rings. The minimum absolute atomic E-state index is 0.0529. The Labute approximate surface area is 196 Å². The van der Waals surface area contributed by atoms with Crippen molar-refractivity contribution in [1.29, 1.82) is 0 Å². The van der Waals surface area contributed by atoms with E-state index in [1.54, 1.807) is 28.4 Å². The first-order valence-electron chi connectivity index (χ1n) is 10.8. The van der Waals surface area contributed by atoms with E-state index < -0.39 is 16.9 Å². The van der Waals surface area contributed by atoms with Crippen LogP contribution in [0.1, 0.15) is 23.7 Å². The van der Waals surface area contributed by atoms with Crippen LogP contribution in [0.15, 0.2) is 60.7 Å². The van der Waals surface area contributed by atoms with Crippen molar-refractivity contribution in [2.75, 3.05) is 25.5 Å². The molecule has 3 fully saturated rings. The molecule has 168 valence electrons. The molecular formula is C24H26N2O4S2. The highest BCUT2D eigenvalue weighted by Gasteiger charge is 2.57. The minimum atomic E-state index is -0.850. The Morgan fingerprint density at radius 3 is 2.41 bits per heavy atom. The molecule has 2 N–H and O–H groups in total. The van der Waals surface area contributed by atoms with Crippen LogP contribution in [-0.4, -0.2) is 63.7 Å². The predicted octanol–water partition coefficient (Wildman–Crippen LogP) is 2.82. The standard InChI is InChI=1S/C24H26N2O4S2/c25-19-21(27)26-14-24(15-31-22(19)26,32-18-11-12-29-13-18)23(28)30-20(16-7-3-1-4-8-16)17-9-5-2-6-10-17/h1-10,18-20,22H,11-15,25H2/t18?,19?,22-,24?/m1/s1. The van der Waals surface area contributed by atoms with Gasteiger partial charge in [-0.2, -0.15) is 0 Å². The molecule has 2 aromatic rings. The maximum absolute atomic E-state index is 13.9. The van der Waals surface area contributed by atoms with E-state index in [0.29, 0.717) is 25.5 Å². The topological polar surface area (TPSA) is 81.9 Å². The first-order valence-corrected chi connectivity index (χ1v) is 12.7. The van der Waals surface area contributed by atoms with Crippen molar-refractivity contribution in [2.24, 2.45) is 5.73 Å². The van der Waals surface area contributed by atoms with Gasteiger partial charge in [0.15, 0.2) is 6.10 Å². The largest absolute Gasteiger partial charge is 0.451 e. The first-order chi connectivity index (χ1) is 15.6. The van der Waals surface area contributed by atoms with Crippen molar-refractivity contribution in [1.82, 2.24) is 4.90 Å². The molecule has 6 nitrogen and oxygen atoms in total. The number of benzene rings is 2. The van der Waals surface area contributed by atoms with Gasteiger partial charge >= 0.3 is 5.97 Å². The first kappa shape index (κ1) is 21.8. The number of hydrogen-bond donors (Lipinski definition) is 1. The molecule has 3 heterocycles. The van der Waals surface area contributed by atoms with Gasteiger partial charge in [0, 0.05) is 24.2 Å². The molecule has 0 bridgehead atoms. The van der Waals surface area contributed by atoms with Gasteiger partial charge < -0.3 is 20.1 Å². The number of rotatable bonds is 6. The van der Waals surface area contributed by atoms with Crippen LogP contribution in [0.5, 0.6) is 0 Å². The molecule has 32 heavy (non-hydrogen) atoms. The van der Waals surface area contributed by atoms with Crippen molar-refractivity contribution in [3.63, 3.8) is 0 Å². The lowest BCUT2D eigenvalue weighted by Crippen LogP contribution is -2.73. The van der Waals surface area contributed by atoms with Crippen LogP contribution in [0.3, 0.4) is 0 Å².